The fourth-order valence-corrected chi connectivity index (χ4v) is 1.66. The molecule has 0 aliphatic carbocycles. The molecule has 0 fully saturated rings. The Balaban J connectivity index is 2.62. The van der Waals surface area contributed by atoms with Gasteiger partial charge in [-0.25, -0.2) is 4.79 Å². The summed E-state index contributed by atoms with van der Waals surface area (Å²) < 4.78 is 4.99. The third-order valence-corrected chi connectivity index (χ3v) is 2.64. The van der Waals surface area contributed by atoms with Crippen molar-refractivity contribution in [3.63, 3.8) is 0 Å². The Morgan fingerprint density at radius 1 is 1.41 bits per heavy atom. The van der Waals surface area contributed by atoms with Gasteiger partial charge in [0.1, 0.15) is 17.8 Å². The van der Waals surface area contributed by atoms with Crippen LogP contribution in [0.5, 0.6) is 0 Å². The van der Waals surface area contributed by atoms with E-state index in [4.69, 9.17) is 4.74 Å². The number of aliphatic hydroxyl groups excluding tert-OH is 2. The van der Waals surface area contributed by atoms with Gasteiger partial charge in [0.25, 0.3) is 5.69 Å². The Labute approximate surface area is 127 Å². The average molecular weight is 312 g/mol. The van der Waals surface area contributed by atoms with Crippen LogP contribution < -0.4 is 5.32 Å². The third-order valence-electron chi connectivity index (χ3n) is 2.64. The van der Waals surface area contributed by atoms with Gasteiger partial charge in [0.15, 0.2) is 0 Å². The fraction of sp³-hybridized carbons (Fsp3) is 0.500. The number of hydrogen-bond donors (Lipinski definition) is 3. The number of nitro groups is 1. The number of nitrogens with one attached hydrogen (secondary N) is 1. The fourth-order valence-electron chi connectivity index (χ4n) is 1.66. The molecule has 1 rings (SSSR count). The van der Waals surface area contributed by atoms with E-state index in [1.807, 2.05) is 0 Å². The van der Waals surface area contributed by atoms with Gasteiger partial charge in [0.2, 0.25) is 0 Å². The highest BCUT2D eigenvalue weighted by Gasteiger charge is 2.22. The first kappa shape index (κ1) is 17.9. The van der Waals surface area contributed by atoms with Crippen LogP contribution in [0.1, 0.15) is 32.4 Å². The standard InChI is InChI=1S/C14H20N2O6/c1-14(2,3)22-13(19)15-8-11(17)12(18)9-5-4-6-10(7-9)16(20)21/h4-7,11-12,17-18H,8H2,1-3H3,(H,15,19). The van der Waals surface area contributed by atoms with Gasteiger partial charge in [-0.2, -0.15) is 0 Å². The van der Waals surface area contributed by atoms with Crippen LogP contribution in [0.15, 0.2) is 24.3 Å². The normalized spacial score (nSPS) is 14.0. The number of benzene rings is 1. The molecule has 22 heavy (non-hydrogen) atoms. The molecule has 2 atom stereocenters. The topological polar surface area (TPSA) is 122 Å². The van der Waals surface area contributed by atoms with Crippen molar-refractivity contribution in [3.8, 4) is 0 Å². The van der Waals surface area contributed by atoms with Crippen LogP contribution in [-0.4, -0.2) is 39.5 Å². The van der Waals surface area contributed by atoms with Crippen LogP contribution in [-0.2, 0) is 4.74 Å². The van der Waals surface area contributed by atoms with Crippen LogP contribution >= 0.6 is 0 Å². The van der Waals surface area contributed by atoms with Gasteiger partial charge in [-0.05, 0) is 26.3 Å². The molecule has 0 radical (unpaired) electrons. The van der Waals surface area contributed by atoms with Crippen molar-refractivity contribution in [2.24, 2.45) is 0 Å². The zero-order valence-corrected chi connectivity index (χ0v) is 12.6. The molecule has 0 saturated heterocycles. The monoisotopic (exact) mass is 312 g/mol. The number of alkyl carbamates (subject to hydrolysis) is 1. The highest BCUT2D eigenvalue weighted by Crippen LogP contribution is 2.21. The number of carbonyl (C=O) groups is 1. The first-order valence-electron chi connectivity index (χ1n) is 6.67. The lowest BCUT2D eigenvalue weighted by Crippen LogP contribution is -2.38. The van der Waals surface area contributed by atoms with Crippen LogP contribution in [0.25, 0.3) is 0 Å². The van der Waals surface area contributed by atoms with Crippen molar-refractivity contribution >= 4 is 11.8 Å². The number of nitrogens with zero attached hydrogens (tertiary/aromatic N) is 1. The maximum Gasteiger partial charge on any atom is 0.407 e. The second-order valence-electron chi connectivity index (χ2n) is 5.75. The summed E-state index contributed by atoms with van der Waals surface area (Å²) in [4.78, 5) is 21.5. The van der Waals surface area contributed by atoms with Crippen LogP contribution in [0.2, 0.25) is 0 Å². The number of rotatable bonds is 5. The summed E-state index contributed by atoms with van der Waals surface area (Å²) >= 11 is 0. The van der Waals surface area contributed by atoms with E-state index in [9.17, 15) is 25.1 Å². The minimum atomic E-state index is -1.37. The summed E-state index contributed by atoms with van der Waals surface area (Å²) in [5, 5.41) is 32.8. The number of carbonyl (C=O) groups excluding carboxylic acids is 1. The lowest BCUT2D eigenvalue weighted by Gasteiger charge is -2.22. The highest BCUT2D eigenvalue weighted by atomic mass is 16.6. The van der Waals surface area contributed by atoms with Crippen molar-refractivity contribution in [1.29, 1.82) is 0 Å². The lowest BCUT2D eigenvalue weighted by atomic mass is 10.0. The van der Waals surface area contributed by atoms with Gasteiger partial charge in [-0.1, -0.05) is 12.1 Å². The molecule has 0 aliphatic heterocycles. The molecule has 122 valence electrons. The molecule has 0 bridgehead atoms. The minimum Gasteiger partial charge on any atom is -0.444 e. The second kappa shape index (κ2) is 7.19. The first-order chi connectivity index (χ1) is 10.1. The van der Waals surface area contributed by atoms with Gasteiger partial charge in [0.05, 0.1) is 4.92 Å². The Hall–Kier alpha value is -2.19. The predicted octanol–water partition coefficient (Wildman–Crippen LogP) is 1.51. The number of ether oxygens (including phenoxy) is 1. The highest BCUT2D eigenvalue weighted by molar-refractivity contribution is 5.67. The average Bonchev–Trinajstić information content (AvgIpc) is 2.42. The van der Waals surface area contributed by atoms with Gasteiger partial charge < -0.3 is 20.3 Å². The van der Waals surface area contributed by atoms with Crippen molar-refractivity contribution < 1.29 is 24.7 Å². The Morgan fingerprint density at radius 2 is 2.05 bits per heavy atom. The summed E-state index contributed by atoms with van der Waals surface area (Å²) in [6.07, 6.45) is -3.41. The maximum atomic E-state index is 11.5. The first-order valence-corrected chi connectivity index (χ1v) is 6.67. The maximum absolute atomic E-state index is 11.5. The van der Waals surface area contributed by atoms with Crippen molar-refractivity contribution in [3.05, 3.63) is 39.9 Å². The summed E-state index contributed by atoms with van der Waals surface area (Å²) in [6, 6.07) is 5.31. The molecule has 3 N–H and O–H groups in total. The molecule has 0 aliphatic rings. The van der Waals surface area contributed by atoms with E-state index in [1.165, 1.54) is 24.3 Å². The molecule has 0 aromatic heterocycles. The van der Waals surface area contributed by atoms with E-state index < -0.39 is 28.8 Å². The van der Waals surface area contributed by atoms with E-state index in [2.05, 4.69) is 5.32 Å². The molecule has 1 amide bonds. The third kappa shape index (κ3) is 5.66. The number of non-ortho nitro benzene ring substituents is 1. The van der Waals surface area contributed by atoms with Crippen LogP contribution in [0.4, 0.5) is 10.5 Å². The largest absolute Gasteiger partial charge is 0.444 e. The number of nitro benzene ring substituents is 1. The van der Waals surface area contributed by atoms with Gasteiger partial charge >= 0.3 is 6.09 Å². The van der Waals surface area contributed by atoms with Gasteiger partial charge in [-0.15, -0.1) is 0 Å². The molecule has 2 unspecified atom stereocenters. The molecule has 1 aromatic rings. The van der Waals surface area contributed by atoms with Crippen molar-refractivity contribution in [2.45, 2.75) is 38.6 Å². The molecule has 0 saturated carbocycles. The molecular formula is C14H20N2O6. The molecule has 1 aromatic carbocycles. The zero-order valence-electron chi connectivity index (χ0n) is 12.6. The van der Waals surface area contributed by atoms with Crippen molar-refractivity contribution in [2.75, 3.05) is 6.54 Å². The van der Waals surface area contributed by atoms with E-state index in [1.54, 1.807) is 20.8 Å². The quantitative estimate of drug-likeness (QED) is 0.559. The Kier molecular flexibility index (Phi) is 5.84. The summed E-state index contributed by atoms with van der Waals surface area (Å²) in [5.74, 6) is 0. The molecule has 0 heterocycles. The Bertz CT molecular complexity index is 540. The molecular weight excluding hydrogens is 292 g/mol. The molecule has 0 spiro atoms. The second-order valence-corrected chi connectivity index (χ2v) is 5.75. The number of aliphatic hydroxyl groups is 2. The van der Waals surface area contributed by atoms with E-state index >= 15 is 0 Å². The van der Waals surface area contributed by atoms with Crippen LogP contribution in [0, 0.1) is 10.1 Å². The van der Waals surface area contributed by atoms with Gasteiger partial charge in [0, 0.05) is 18.7 Å². The van der Waals surface area contributed by atoms with Crippen LogP contribution in [0.3, 0.4) is 0 Å². The number of hydrogen-bond acceptors (Lipinski definition) is 6. The summed E-state index contributed by atoms with van der Waals surface area (Å²) in [5.41, 5.74) is -0.676. The smallest absolute Gasteiger partial charge is 0.407 e. The van der Waals surface area contributed by atoms with Gasteiger partial charge in [-0.3, -0.25) is 10.1 Å². The predicted molar refractivity (Wildman–Crippen MR) is 78.3 cm³/mol. The SMILES string of the molecule is CC(C)(C)OC(=O)NCC(O)C(O)c1cccc([N+](=O)[O-])c1. The van der Waals surface area contributed by atoms with E-state index in [-0.39, 0.29) is 17.8 Å². The summed E-state index contributed by atoms with van der Waals surface area (Å²) in [6.45, 7) is 4.83. The number of amides is 1. The zero-order chi connectivity index (χ0) is 16.9. The van der Waals surface area contributed by atoms with E-state index in [0.29, 0.717) is 0 Å². The lowest BCUT2D eigenvalue weighted by molar-refractivity contribution is -0.385. The molecule has 8 nitrogen and oxygen atoms in total. The van der Waals surface area contributed by atoms with Crippen molar-refractivity contribution in [1.82, 2.24) is 5.32 Å². The Morgan fingerprint density at radius 3 is 2.59 bits per heavy atom. The summed E-state index contributed by atoms with van der Waals surface area (Å²) in [7, 11) is 0. The molecule has 8 heteroatoms. The van der Waals surface area contributed by atoms with E-state index in [0.717, 1.165) is 0 Å². The minimum absolute atomic E-state index is 0.188.